The first-order chi connectivity index (χ1) is 15.5. The Balaban J connectivity index is 1.51. The maximum Gasteiger partial charge on any atom is 0.269 e. The Morgan fingerprint density at radius 2 is 2.00 bits per heavy atom. The second kappa shape index (κ2) is 7.06. The molecule has 2 atom stereocenters. The minimum atomic E-state index is -0.398. The first-order valence-corrected chi connectivity index (χ1v) is 11.5. The molecular weight excluding hydrogens is 424 g/mol. The lowest BCUT2D eigenvalue weighted by atomic mass is 9.80. The van der Waals surface area contributed by atoms with Gasteiger partial charge in [0, 0.05) is 40.7 Å². The number of hydrogen-bond acceptors (Lipinski definition) is 6. The standard InChI is InChI=1S/C24H20N4O3S/c1-13-4-3-5-15-10-19-21-16(12-32-23(19)25-22(13)15)11-31-24-20(21)14(2)26-27(24)17-6-8-18(9-7-17)28(29)30/h3-10,16,21H,11-12H2,1-2H3/t16-,21-/m1/s1. The van der Waals surface area contributed by atoms with E-state index >= 15 is 0 Å². The van der Waals surface area contributed by atoms with Gasteiger partial charge in [0.2, 0.25) is 5.88 Å². The number of nitro benzene ring substituents is 1. The molecule has 8 heteroatoms. The number of ether oxygens (including phenoxy) is 1. The number of benzene rings is 2. The van der Waals surface area contributed by atoms with Gasteiger partial charge in [0.25, 0.3) is 5.69 Å². The Kier molecular flexibility index (Phi) is 4.26. The van der Waals surface area contributed by atoms with Crippen LogP contribution in [0.1, 0.15) is 28.3 Å². The van der Waals surface area contributed by atoms with Gasteiger partial charge in [-0.1, -0.05) is 18.2 Å². The summed E-state index contributed by atoms with van der Waals surface area (Å²) in [5.41, 5.74) is 6.28. The van der Waals surface area contributed by atoms with E-state index in [1.165, 1.54) is 23.3 Å². The molecule has 32 heavy (non-hydrogen) atoms. The Morgan fingerprint density at radius 3 is 2.78 bits per heavy atom. The highest BCUT2D eigenvalue weighted by Crippen LogP contribution is 2.51. The Morgan fingerprint density at radius 1 is 1.19 bits per heavy atom. The molecule has 0 radical (unpaired) electrons. The third-order valence-corrected chi connectivity index (χ3v) is 7.59. The number of nitrogens with zero attached hydrogens (tertiary/aromatic N) is 4. The highest BCUT2D eigenvalue weighted by atomic mass is 32.2. The second-order valence-corrected chi connectivity index (χ2v) is 9.39. The molecule has 0 saturated carbocycles. The second-order valence-electron chi connectivity index (χ2n) is 8.38. The van der Waals surface area contributed by atoms with E-state index in [2.05, 4.69) is 31.2 Å². The van der Waals surface area contributed by atoms with Crippen molar-refractivity contribution in [3.8, 4) is 11.6 Å². The van der Waals surface area contributed by atoms with Crippen LogP contribution in [-0.4, -0.2) is 32.0 Å². The Labute approximate surface area is 188 Å². The van der Waals surface area contributed by atoms with Gasteiger partial charge in [-0.2, -0.15) is 5.10 Å². The van der Waals surface area contributed by atoms with E-state index in [0.29, 0.717) is 12.5 Å². The van der Waals surface area contributed by atoms with E-state index in [-0.39, 0.29) is 11.6 Å². The third-order valence-electron chi connectivity index (χ3n) is 6.39. The molecular formula is C24H20N4O3S. The molecule has 0 N–H and O–H groups in total. The molecule has 0 spiro atoms. The van der Waals surface area contributed by atoms with E-state index in [1.54, 1.807) is 28.6 Å². The third kappa shape index (κ3) is 2.82. The van der Waals surface area contributed by atoms with E-state index in [0.717, 1.165) is 44.5 Å². The Hall–Kier alpha value is -3.39. The molecule has 160 valence electrons. The molecule has 2 aromatic heterocycles. The molecule has 6 rings (SSSR count). The van der Waals surface area contributed by atoms with Gasteiger partial charge in [-0.3, -0.25) is 10.1 Å². The topological polar surface area (TPSA) is 83.1 Å². The van der Waals surface area contributed by atoms with E-state index in [9.17, 15) is 10.1 Å². The summed E-state index contributed by atoms with van der Waals surface area (Å²) in [5.74, 6) is 2.18. The minimum absolute atomic E-state index is 0.0546. The van der Waals surface area contributed by atoms with Gasteiger partial charge in [0.1, 0.15) is 5.03 Å². The summed E-state index contributed by atoms with van der Waals surface area (Å²) < 4.78 is 8.00. The number of aromatic nitrogens is 3. The molecule has 0 amide bonds. The van der Waals surface area contributed by atoms with E-state index in [4.69, 9.17) is 14.8 Å². The van der Waals surface area contributed by atoms with Gasteiger partial charge < -0.3 is 4.74 Å². The zero-order valence-corrected chi connectivity index (χ0v) is 18.4. The summed E-state index contributed by atoms with van der Waals surface area (Å²) >= 11 is 1.80. The van der Waals surface area contributed by atoms with Gasteiger partial charge >= 0.3 is 0 Å². The van der Waals surface area contributed by atoms with Crippen molar-refractivity contribution in [1.29, 1.82) is 0 Å². The van der Waals surface area contributed by atoms with E-state index in [1.807, 2.05) is 6.92 Å². The highest BCUT2D eigenvalue weighted by Gasteiger charge is 2.41. The van der Waals surface area contributed by atoms with Crippen LogP contribution in [0, 0.1) is 29.9 Å². The highest BCUT2D eigenvalue weighted by molar-refractivity contribution is 7.99. The molecule has 0 bridgehead atoms. The van der Waals surface area contributed by atoms with Crippen molar-refractivity contribution in [3.05, 3.63) is 81.0 Å². The van der Waals surface area contributed by atoms with Crippen molar-refractivity contribution >= 4 is 28.4 Å². The number of fused-ring (bicyclic) bond motifs is 6. The molecule has 2 aromatic carbocycles. The van der Waals surface area contributed by atoms with Crippen molar-refractivity contribution in [2.75, 3.05) is 12.4 Å². The van der Waals surface area contributed by atoms with Gasteiger partial charge in [-0.05, 0) is 43.2 Å². The maximum atomic E-state index is 11.0. The van der Waals surface area contributed by atoms with E-state index < -0.39 is 4.92 Å². The van der Waals surface area contributed by atoms with Gasteiger partial charge in [0.15, 0.2) is 0 Å². The van der Waals surface area contributed by atoms with Crippen LogP contribution in [0.4, 0.5) is 5.69 Å². The van der Waals surface area contributed by atoms with Gasteiger partial charge in [-0.25, -0.2) is 9.67 Å². The molecule has 2 aliphatic heterocycles. The van der Waals surface area contributed by atoms with Crippen molar-refractivity contribution in [3.63, 3.8) is 0 Å². The summed E-state index contributed by atoms with van der Waals surface area (Å²) in [7, 11) is 0. The lowest BCUT2D eigenvalue weighted by Gasteiger charge is -2.36. The van der Waals surface area contributed by atoms with Crippen molar-refractivity contribution in [2.45, 2.75) is 24.8 Å². The lowest BCUT2D eigenvalue weighted by Crippen LogP contribution is -2.32. The normalized spacial score (nSPS) is 19.1. The summed E-state index contributed by atoms with van der Waals surface area (Å²) in [6.07, 6.45) is 0. The fourth-order valence-corrected chi connectivity index (χ4v) is 6.02. The number of thioether (sulfide) groups is 1. The monoisotopic (exact) mass is 444 g/mol. The van der Waals surface area contributed by atoms with Crippen LogP contribution >= 0.6 is 11.8 Å². The van der Waals surface area contributed by atoms with Gasteiger partial charge in [-0.15, -0.1) is 11.8 Å². The average molecular weight is 445 g/mol. The zero-order valence-electron chi connectivity index (χ0n) is 17.6. The summed E-state index contributed by atoms with van der Waals surface area (Å²) in [6, 6.07) is 15.0. The molecule has 0 fully saturated rings. The number of non-ortho nitro benzene ring substituents is 1. The fourth-order valence-electron chi connectivity index (χ4n) is 4.85. The molecule has 4 heterocycles. The molecule has 4 aromatic rings. The number of para-hydroxylation sites is 1. The van der Waals surface area contributed by atoms with Crippen LogP contribution in [-0.2, 0) is 0 Å². The van der Waals surface area contributed by atoms with Crippen LogP contribution in [0.5, 0.6) is 5.88 Å². The first-order valence-electron chi connectivity index (χ1n) is 10.5. The van der Waals surface area contributed by atoms with Gasteiger partial charge in [0.05, 0.1) is 28.4 Å². The van der Waals surface area contributed by atoms with Crippen molar-refractivity contribution in [1.82, 2.24) is 14.8 Å². The van der Waals surface area contributed by atoms with Crippen LogP contribution < -0.4 is 4.74 Å². The first kappa shape index (κ1) is 19.3. The predicted octanol–water partition coefficient (Wildman–Crippen LogP) is 5.19. The SMILES string of the molecule is Cc1nn(-c2ccc([N+](=O)[O-])cc2)c2c1[C@H]1c3cc4cccc(C)c4nc3SC[C@H]1CO2. The molecule has 2 aliphatic rings. The Bertz CT molecular complexity index is 1400. The number of hydrogen-bond donors (Lipinski definition) is 0. The predicted molar refractivity (Wildman–Crippen MR) is 123 cm³/mol. The van der Waals surface area contributed by atoms with Crippen LogP contribution in [0.2, 0.25) is 0 Å². The van der Waals surface area contributed by atoms with Crippen molar-refractivity contribution < 1.29 is 9.66 Å². The number of aryl methyl sites for hydroxylation is 2. The maximum absolute atomic E-state index is 11.0. The summed E-state index contributed by atoms with van der Waals surface area (Å²) in [4.78, 5) is 15.7. The minimum Gasteiger partial charge on any atom is -0.477 e. The average Bonchev–Trinajstić information content (AvgIpc) is 3.14. The van der Waals surface area contributed by atoms with Crippen LogP contribution in [0.3, 0.4) is 0 Å². The summed E-state index contributed by atoms with van der Waals surface area (Å²) in [5, 5.41) is 18.0. The number of nitro groups is 1. The van der Waals surface area contributed by atoms with Crippen LogP contribution in [0.25, 0.3) is 16.6 Å². The molecule has 0 aliphatic carbocycles. The largest absolute Gasteiger partial charge is 0.477 e. The smallest absolute Gasteiger partial charge is 0.269 e. The number of rotatable bonds is 2. The zero-order chi connectivity index (χ0) is 22.0. The quantitative estimate of drug-likeness (QED) is 0.312. The lowest BCUT2D eigenvalue weighted by molar-refractivity contribution is -0.384. The summed E-state index contributed by atoms with van der Waals surface area (Å²) in [6.45, 7) is 4.71. The number of pyridine rings is 1. The van der Waals surface area contributed by atoms with Crippen molar-refractivity contribution in [2.24, 2.45) is 5.92 Å². The molecule has 0 saturated heterocycles. The van der Waals surface area contributed by atoms with Crippen LogP contribution in [0.15, 0.2) is 53.6 Å². The molecule has 0 unspecified atom stereocenters. The molecule has 7 nitrogen and oxygen atoms in total. The fraction of sp³-hybridized carbons (Fsp3) is 0.250.